The molecule has 0 unspecified atom stereocenters. The molecule has 1 saturated carbocycles. The number of alkyl halides is 2. The Morgan fingerprint density at radius 3 is 2.44 bits per heavy atom. The number of aromatic nitrogens is 1. The summed E-state index contributed by atoms with van der Waals surface area (Å²) in [5, 5.41) is 10.6. The number of nitrogens with zero attached hydrogens (tertiary/aromatic N) is 3. The summed E-state index contributed by atoms with van der Waals surface area (Å²) in [7, 11) is 2.72. The Hall–Kier alpha value is -4.19. The van der Waals surface area contributed by atoms with Crippen molar-refractivity contribution in [2.75, 3.05) is 19.1 Å². The summed E-state index contributed by atoms with van der Waals surface area (Å²) in [5.41, 5.74) is 3.50. The van der Waals surface area contributed by atoms with Crippen molar-refractivity contribution < 1.29 is 33.4 Å². The minimum absolute atomic E-state index is 0.112. The molecule has 3 fully saturated rings. The lowest BCUT2D eigenvalue weighted by Gasteiger charge is -2.50. The highest BCUT2D eigenvalue weighted by Crippen LogP contribution is 2.65. The van der Waals surface area contributed by atoms with E-state index >= 15 is 0 Å². The van der Waals surface area contributed by atoms with Crippen LogP contribution < -0.4 is 9.64 Å². The number of benzene rings is 3. The van der Waals surface area contributed by atoms with Gasteiger partial charge in [0, 0.05) is 18.5 Å². The molecule has 2 aliphatic carbocycles. The summed E-state index contributed by atoms with van der Waals surface area (Å²) in [6, 6.07) is 17.4. The summed E-state index contributed by atoms with van der Waals surface area (Å²) in [5.74, 6) is -5.03. The first-order valence-electron chi connectivity index (χ1n) is 15.2. The zero-order valence-corrected chi connectivity index (χ0v) is 28.5. The molecule has 13 heteroatoms. The van der Waals surface area contributed by atoms with Crippen LogP contribution in [0.25, 0.3) is 22.6 Å². The van der Waals surface area contributed by atoms with Gasteiger partial charge in [-0.2, -0.15) is 0 Å². The molecule has 0 spiro atoms. The Morgan fingerprint density at radius 1 is 1.00 bits per heavy atom. The number of aromatic hydroxyl groups is 1. The van der Waals surface area contributed by atoms with Gasteiger partial charge < -0.3 is 14.3 Å². The molecule has 2 aliphatic heterocycles. The van der Waals surface area contributed by atoms with E-state index in [9.17, 15) is 24.3 Å². The fourth-order valence-corrected chi connectivity index (χ4v) is 9.52. The maximum atomic E-state index is 14.4. The summed E-state index contributed by atoms with van der Waals surface area (Å²) in [4.78, 5) is 58.6. The molecule has 3 heterocycles. The normalized spacial score (nSPS) is 29.6. The minimum atomic E-state index is -1.96. The lowest BCUT2D eigenvalue weighted by molar-refractivity contribution is -0.138. The number of oxazole rings is 1. The molecule has 0 bridgehead atoms. The van der Waals surface area contributed by atoms with E-state index in [-0.39, 0.29) is 34.7 Å². The topological polar surface area (TPSA) is 130 Å². The summed E-state index contributed by atoms with van der Waals surface area (Å²) >= 11 is 17.9. The Bertz CT molecular complexity index is 2100. The van der Waals surface area contributed by atoms with Crippen molar-refractivity contribution in [2.45, 2.75) is 28.5 Å². The first-order chi connectivity index (χ1) is 22.9. The number of methoxy groups -OCH3 is 1. The Balaban J connectivity index is 1.19. The third kappa shape index (κ3) is 4.01. The van der Waals surface area contributed by atoms with Gasteiger partial charge in [0.25, 0.3) is 11.8 Å². The predicted molar refractivity (Wildman–Crippen MR) is 180 cm³/mol. The number of rotatable bonds is 4. The number of phenolic OH excluding ortho intramolecular Hbond substituents is 1. The van der Waals surface area contributed by atoms with Gasteiger partial charge in [0.15, 0.2) is 26.8 Å². The van der Waals surface area contributed by atoms with E-state index < -0.39 is 51.1 Å². The maximum Gasteiger partial charge on any atom is 0.253 e. The number of imide groups is 2. The Kier molecular flexibility index (Phi) is 6.90. The third-order valence-corrected chi connectivity index (χ3v) is 12.3. The number of para-hydroxylation sites is 2. The van der Waals surface area contributed by atoms with Gasteiger partial charge in [-0.05, 0) is 88.8 Å². The number of anilines is 1. The maximum absolute atomic E-state index is 14.4. The second-order valence-corrected chi connectivity index (χ2v) is 14.7. The third-order valence-electron chi connectivity index (χ3n) is 10.3. The molecule has 10 nitrogen and oxygen atoms in total. The number of halogens is 3. The van der Waals surface area contributed by atoms with Gasteiger partial charge in [0.05, 0.1) is 29.1 Å². The number of amides is 4. The largest absolute Gasteiger partial charge is 0.503 e. The highest BCUT2D eigenvalue weighted by atomic mass is 79.9. The molecule has 2 saturated heterocycles. The average Bonchev–Trinajstić information content (AvgIpc) is 3.67. The zero-order chi connectivity index (χ0) is 33.9. The molecule has 4 aliphatic rings. The number of hydrogen-bond donors (Lipinski definition) is 1. The van der Waals surface area contributed by atoms with Crippen molar-refractivity contribution in [1.82, 2.24) is 9.88 Å². The van der Waals surface area contributed by atoms with Gasteiger partial charge in [-0.15, -0.1) is 23.2 Å². The standard InChI is InChI=1S/C35H26BrCl2N3O7/c1-40-32(45)34(37)15-21-19(27(35(34,38)33(40)46)17-13-22(36)28(42)25(14-17)47-2)11-12-20-26(21)31(44)41(30(20)43)18-9-7-16(8-10-18)29-39-23-5-3-4-6-24(23)48-29/h3-11,13-14,20-21,26-27,42H,12,15H2,1-2H3/t20-,21+,26-,27-,34+,35-/m0/s1. The Morgan fingerprint density at radius 2 is 1.73 bits per heavy atom. The van der Waals surface area contributed by atoms with E-state index in [0.717, 1.165) is 4.90 Å². The van der Waals surface area contributed by atoms with E-state index in [1.807, 2.05) is 30.3 Å². The second-order valence-electron chi connectivity index (χ2n) is 12.6. The molecule has 8 rings (SSSR count). The number of carbonyl (C=O) groups excluding carboxylic acids is 4. The molecule has 1 N–H and O–H groups in total. The molecule has 3 aromatic carbocycles. The number of ether oxygens (including phenoxy) is 1. The van der Waals surface area contributed by atoms with Crippen LogP contribution in [-0.2, 0) is 19.2 Å². The highest BCUT2D eigenvalue weighted by molar-refractivity contribution is 9.10. The SMILES string of the molecule is COc1cc([C@H]2C3=CC[C@@H]4C(=O)N(c5ccc(-c6nc7ccccc7o6)cc5)C(=O)[C@@H]4[C@@H]3C[C@@]3(Cl)C(=O)N(C)C(=O)[C@@]23Cl)cc(Br)c1O. The minimum Gasteiger partial charge on any atom is -0.503 e. The summed E-state index contributed by atoms with van der Waals surface area (Å²) in [6.07, 6.45) is 1.94. The van der Waals surface area contributed by atoms with E-state index in [4.69, 9.17) is 32.4 Å². The monoisotopic (exact) mass is 749 g/mol. The average molecular weight is 751 g/mol. The van der Waals surface area contributed by atoms with Crippen molar-refractivity contribution in [3.05, 3.63) is 82.3 Å². The van der Waals surface area contributed by atoms with Crippen LogP contribution in [0.3, 0.4) is 0 Å². The lowest BCUT2D eigenvalue weighted by atomic mass is 9.56. The van der Waals surface area contributed by atoms with Crippen LogP contribution in [0.4, 0.5) is 5.69 Å². The molecule has 244 valence electrons. The highest BCUT2D eigenvalue weighted by Gasteiger charge is 2.76. The van der Waals surface area contributed by atoms with E-state index in [1.54, 1.807) is 36.4 Å². The lowest BCUT2D eigenvalue weighted by Crippen LogP contribution is -2.60. The molecule has 0 radical (unpaired) electrons. The van der Waals surface area contributed by atoms with Gasteiger partial charge in [-0.3, -0.25) is 29.0 Å². The number of phenols is 1. The van der Waals surface area contributed by atoms with Crippen LogP contribution in [0.1, 0.15) is 24.3 Å². The first-order valence-corrected chi connectivity index (χ1v) is 16.8. The quantitative estimate of drug-likeness (QED) is 0.149. The molecule has 1 aromatic heterocycles. The van der Waals surface area contributed by atoms with Crippen LogP contribution >= 0.6 is 39.1 Å². The zero-order valence-electron chi connectivity index (χ0n) is 25.4. The number of fused-ring (bicyclic) bond motifs is 5. The smallest absolute Gasteiger partial charge is 0.253 e. The molecule has 6 atom stereocenters. The van der Waals surface area contributed by atoms with E-state index in [0.29, 0.717) is 39.4 Å². The summed E-state index contributed by atoms with van der Waals surface area (Å²) in [6.45, 7) is 0. The van der Waals surface area contributed by atoms with Gasteiger partial charge in [0.2, 0.25) is 17.7 Å². The van der Waals surface area contributed by atoms with Crippen LogP contribution in [0.5, 0.6) is 11.5 Å². The first kappa shape index (κ1) is 31.1. The van der Waals surface area contributed by atoms with Gasteiger partial charge in [-0.1, -0.05) is 23.8 Å². The van der Waals surface area contributed by atoms with Crippen molar-refractivity contribution in [3.8, 4) is 23.0 Å². The van der Waals surface area contributed by atoms with E-state index in [2.05, 4.69) is 20.9 Å². The fraction of sp³-hybridized carbons (Fsp3) is 0.286. The van der Waals surface area contributed by atoms with Crippen molar-refractivity contribution in [1.29, 1.82) is 0 Å². The fourth-order valence-electron chi connectivity index (χ4n) is 8.04. The molecule has 4 amide bonds. The van der Waals surface area contributed by atoms with Crippen LogP contribution in [-0.4, -0.2) is 62.5 Å². The van der Waals surface area contributed by atoms with Crippen LogP contribution in [0.2, 0.25) is 0 Å². The number of hydrogen-bond acceptors (Lipinski definition) is 8. The van der Waals surface area contributed by atoms with Gasteiger partial charge >= 0.3 is 0 Å². The predicted octanol–water partition coefficient (Wildman–Crippen LogP) is 6.16. The van der Waals surface area contributed by atoms with Crippen LogP contribution in [0.15, 0.2) is 81.2 Å². The Labute approximate surface area is 292 Å². The van der Waals surface area contributed by atoms with Crippen molar-refractivity contribution >= 4 is 79.5 Å². The second kappa shape index (κ2) is 10.7. The van der Waals surface area contributed by atoms with E-state index in [1.165, 1.54) is 19.1 Å². The van der Waals surface area contributed by atoms with Crippen molar-refractivity contribution in [2.24, 2.45) is 17.8 Å². The molecular weight excluding hydrogens is 725 g/mol. The summed E-state index contributed by atoms with van der Waals surface area (Å²) < 4.78 is 11.6. The number of carbonyl (C=O) groups is 4. The molecule has 4 aromatic rings. The van der Waals surface area contributed by atoms with Gasteiger partial charge in [0.1, 0.15) is 5.52 Å². The van der Waals surface area contributed by atoms with Crippen molar-refractivity contribution in [3.63, 3.8) is 0 Å². The number of allylic oxidation sites excluding steroid dienone is 2. The van der Waals surface area contributed by atoms with Gasteiger partial charge in [-0.25, -0.2) is 4.98 Å². The van der Waals surface area contributed by atoms with Crippen LogP contribution in [0, 0.1) is 17.8 Å². The molecule has 48 heavy (non-hydrogen) atoms. The number of likely N-dealkylation sites (tertiary alicyclic amines) is 1. The molecular formula is C35H26BrCl2N3O7.